The van der Waals surface area contributed by atoms with Gasteiger partial charge in [-0.25, -0.2) is 0 Å². The maximum atomic E-state index is 9.87. The fraction of sp³-hybridized carbons (Fsp3) is 0.500. The fourth-order valence-corrected chi connectivity index (χ4v) is 1.64. The average molecular weight is 349 g/mol. The van der Waals surface area contributed by atoms with Gasteiger partial charge in [0.2, 0.25) is 5.39 Å². The van der Waals surface area contributed by atoms with Crippen LogP contribution < -0.4 is 4.90 Å². The van der Waals surface area contributed by atoms with Gasteiger partial charge in [0.15, 0.2) is 4.98 Å². The van der Waals surface area contributed by atoms with Crippen LogP contribution in [0.15, 0.2) is 24.3 Å². The van der Waals surface area contributed by atoms with Gasteiger partial charge in [0.1, 0.15) is 0 Å². The number of nitrogens with zero attached hydrogens (tertiary/aromatic N) is 3. The summed E-state index contributed by atoms with van der Waals surface area (Å²) in [6.45, 7) is 6.51. The monoisotopic (exact) mass is 349 g/mol. The van der Waals surface area contributed by atoms with Crippen molar-refractivity contribution in [2.75, 3.05) is 18.0 Å². The first-order chi connectivity index (χ1) is 9.76. The molecule has 0 heterocycles. The normalized spacial score (nSPS) is 14.0. The molecule has 0 radical (unpaired) electrons. The van der Waals surface area contributed by atoms with E-state index in [9.17, 15) is 25.2 Å². The average Bonchev–Trinajstić information content (AvgIpc) is 2.35. The van der Waals surface area contributed by atoms with E-state index in [4.69, 9.17) is 5.39 Å². The molecule has 3 nitrogen and oxygen atoms in total. The molecule has 0 aliphatic carbocycles. The van der Waals surface area contributed by atoms with E-state index < -0.39 is 7.81 Å². The summed E-state index contributed by atoms with van der Waals surface area (Å²) in [5.41, 5.74) is 1.80. The van der Waals surface area contributed by atoms with E-state index >= 15 is 0 Å². The molecule has 0 fully saturated rings. The van der Waals surface area contributed by atoms with Gasteiger partial charge in [-0.2, -0.15) is 0 Å². The summed E-state index contributed by atoms with van der Waals surface area (Å²) < 4.78 is 59.2. The zero-order chi connectivity index (χ0) is 17.5. The molecule has 128 valence electrons. The molecule has 0 saturated carbocycles. The summed E-state index contributed by atoms with van der Waals surface area (Å²) in [6, 6.07) is 7.65. The van der Waals surface area contributed by atoms with Crippen LogP contribution in [0.5, 0.6) is 0 Å². The van der Waals surface area contributed by atoms with Crippen molar-refractivity contribution >= 4 is 19.2 Å². The summed E-state index contributed by atoms with van der Waals surface area (Å²) in [6.07, 6.45) is 2.29. The van der Waals surface area contributed by atoms with E-state index in [1.807, 2.05) is 24.3 Å². The minimum atomic E-state index is -10.7. The molecule has 0 bridgehead atoms. The molecular formula is C12H18F6N3P. The van der Waals surface area contributed by atoms with Crippen molar-refractivity contribution in [3.63, 3.8) is 0 Å². The van der Waals surface area contributed by atoms with Crippen LogP contribution in [0.25, 0.3) is 4.98 Å². The third-order valence-electron chi connectivity index (χ3n) is 2.32. The van der Waals surface area contributed by atoms with Crippen molar-refractivity contribution in [1.29, 1.82) is 5.39 Å². The molecule has 0 N–H and O–H groups in total. The second-order valence-electron chi connectivity index (χ2n) is 4.56. The SMILES string of the molecule is CCCN(CCC)c1ccc([N+]#N)cc1.F[P-](F)(F)(F)(F)F. The molecule has 0 amide bonds. The predicted octanol–water partition coefficient (Wildman–Crippen LogP) is 7.18. The topological polar surface area (TPSA) is 31.4 Å². The maximum absolute atomic E-state index is 10.7. The van der Waals surface area contributed by atoms with E-state index in [1.165, 1.54) is 5.69 Å². The Labute approximate surface area is 124 Å². The molecule has 0 unspecified atom stereocenters. The van der Waals surface area contributed by atoms with Crippen LogP contribution in [0.2, 0.25) is 0 Å². The summed E-state index contributed by atoms with van der Waals surface area (Å²) in [5, 5.41) is 8.59. The van der Waals surface area contributed by atoms with Gasteiger partial charge in [-0.15, -0.1) is 0 Å². The van der Waals surface area contributed by atoms with E-state index in [2.05, 4.69) is 23.7 Å². The summed E-state index contributed by atoms with van der Waals surface area (Å²) in [4.78, 5) is 5.49. The van der Waals surface area contributed by atoms with Crippen LogP contribution in [0.1, 0.15) is 26.7 Å². The Kier molecular flexibility index (Phi) is 6.22. The standard InChI is InChI=1S/C12H18N3.F6P/c1-3-9-15(10-4-2)12-7-5-11(14-13)6-8-12;1-7(2,3,4,5)6/h5-8H,3-4,9-10H2,1-2H3;/q+1;-1. The third-order valence-corrected chi connectivity index (χ3v) is 2.32. The quantitative estimate of drug-likeness (QED) is 0.320. The number of hydrogen-bond acceptors (Lipinski definition) is 2. The Morgan fingerprint density at radius 3 is 1.55 bits per heavy atom. The van der Waals surface area contributed by atoms with E-state index in [1.54, 1.807) is 0 Å². The van der Waals surface area contributed by atoms with Gasteiger partial charge in [-0.3, -0.25) is 0 Å². The second-order valence-corrected chi connectivity index (χ2v) is 6.48. The van der Waals surface area contributed by atoms with Crippen molar-refractivity contribution in [1.82, 2.24) is 0 Å². The molecule has 0 aliphatic rings. The summed E-state index contributed by atoms with van der Waals surface area (Å²) >= 11 is 0. The molecule has 0 saturated heterocycles. The Morgan fingerprint density at radius 2 is 1.27 bits per heavy atom. The number of benzene rings is 1. The third kappa shape index (κ3) is 13.4. The first-order valence-electron chi connectivity index (χ1n) is 6.53. The number of hydrogen-bond donors (Lipinski definition) is 0. The van der Waals surface area contributed by atoms with Gasteiger partial charge in [0.05, 0.1) is 0 Å². The second kappa shape index (κ2) is 6.69. The zero-order valence-corrected chi connectivity index (χ0v) is 13.1. The van der Waals surface area contributed by atoms with E-state index in [0.717, 1.165) is 25.9 Å². The van der Waals surface area contributed by atoms with Crippen molar-refractivity contribution < 1.29 is 25.2 Å². The Hall–Kier alpha value is -1.55. The molecule has 0 atom stereocenters. The molecule has 0 aliphatic heterocycles. The number of halogens is 6. The van der Waals surface area contributed by atoms with Crippen LogP contribution in [0.3, 0.4) is 0 Å². The van der Waals surface area contributed by atoms with Crippen LogP contribution in [0.4, 0.5) is 36.6 Å². The van der Waals surface area contributed by atoms with Gasteiger partial charge in [0, 0.05) is 30.9 Å². The van der Waals surface area contributed by atoms with Gasteiger partial charge in [0.25, 0.3) is 0 Å². The van der Waals surface area contributed by atoms with Crippen LogP contribution in [0, 0.1) is 5.39 Å². The number of anilines is 1. The van der Waals surface area contributed by atoms with Crippen LogP contribution in [-0.4, -0.2) is 13.1 Å². The van der Waals surface area contributed by atoms with Crippen LogP contribution >= 0.6 is 7.81 Å². The summed E-state index contributed by atoms with van der Waals surface area (Å²) in [5.74, 6) is 0. The van der Waals surface area contributed by atoms with Crippen molar-refractivity contribution in [2.45, 2.75) is 26.7 Å². The van der Waals surface area contributed by atoms with Gasteiger partial charge in [-0.05, 0) is 25.0 Å². The van der Waals surface area contributed by atoms with E-state index in [0.29, 0.717) is 5.69 Å². The molecule has 0 spiro atoms. The van der Waals surface area contributed by atoms with Crippen molar-refractivity contribution in [3.05, 3.63) is 29.2 Å². The Balaban J connectivity index is 0.000000534. The first-order valence-corrected chi connectivity index (χ1v) is 8.56. The number of rotatable bonds is 5. The molecule has 22 heavy (non-hydrogen) atoms. The van der Waals surface area contributed by atoms with Crippen molar-refractivity contribution in [3.8, 4) is 0 Å². The Bertz CT molecular complexity index is 488. The fourth-order valence-electron chi connectivity index (χ4n) is 1.64. The van der Waals surface area contributed by atoms with Crippen molar-refractivity contribution in [2.24, 2.45) is 0 Å². The predicted molar refractivity (Wildman–Crippen MR) is 77.5 cm³/mol. The zero-order valence-electron chi connectivity index (χ0n) is 12.2. The molecule has 1 aromatic carbocycles. The molecule has 10 heteroatoms. The molecular weight excluding hydrogens is 331 g/mol. The molecule has 1 aromatic rings. The molecule has 1 rings (SSSR count). The van der Waals surface area contributed by atoms with Gasteiger partial charge in [-0.1, -0.05) is 13.8 Å². The summed E-state index contributed by atoms with van der Waals surface area (Å²) in [7, 11) is -10.7. The minimum absolute atomic E-state index is 0.603. The van der Waals surface area contributed by atoms with Crippen LogP contribution in [-0.2, 0) is 0 Å². The number of diazo groups is 1. The van der Waals surface area contributed by atoms with Gasteiger partial charge >= 0.3 is 38.7 Å². The van der Waals surface area contributed by atoms with E-state index in [-0.39, 0.29) is 0 Å². The Morgan fingerprint density at radius 1 is 0.909 bits per heavy atom. The molecule has 0 aromatic heterocycles. The first kappa shape index (κ1) is 20.5. The van der Waals surface area contributed by atoms with Gasteiger partial charge < -0.3 is 4.90 Å².